The Morgan fingerprint density at radius 1 is 0.857 bits per heavy atom. The molecular formula is C24H23N3S. The van der Waals surface area contributed by atoms with E-state index < -0.39 is 0 Å². The Morgan fingerprint density at radius 3 is 2.43 bits per heavy atom. The average Bonchev–Trinajstić information content (AvgIpc) is 3.14. The molecule has 2 heterocycles. The van der Waals surface area contributed by atoms with Gasteiger partial charge in [0.25, 0.3) is 0 Å². The van der Waals surface area contributed by atoms with Crippen LogP contribution in [0.15, 0.2) is 60.7 Å². The van der Waals surface area contributed by atoms with Gasteiger partial charge in [-0.25, -0.2) is 9.97 Å². The third-order valence-corrected chi connectivity index (χ3v) is 6.58. The van der Waals surface area contributed by atoms with Crippen LogP contribution in [0.4, 0.5) is 5.82 Å². The molecule has 0 spiro atoms. The van der Waals surface area contributed by atoms with Gasteiger partial charge in [0.05, 0.1) is 5.39 Å². The largest absolute Gasteiger partial charge is 0.369 e. The maximum absolute atomic E-state index is 4.97. The van der Waals surface area contributed by atoms with Gasteiger partial charge >= 0.3 is 0 Å². The van der Waals surface area contributed by atoms with Crippen LogP contribution in [0.5, 0.6) is 0 Å². The van der Waals surface area contributed by atoms with E-state index in [1.54, 1.807) is 0 Å². The van der Waals surface area contributed by atoms with Crippen LogP contribution in [-0.4, -0.2) is 16.5 Å². The van der Waals surface area contributed by atoms with Gasteiger partial charge in [0.2, 0.25) is 0 Å². The molecule has 3 nitrogen and oxygen atoms in total. The van der Waals surface area contributed by atoms with E-state index in [-0.39, 0.29) is 0 Å². The van der Waals surface area contributed by atoms with Crippen molar-refractivity contribution in [3.05, 3.63) is 76.7 Å². The van der Waals surface area contributed by atoms with E-state index in [4.69, 9.17) is 9.97 Å². The van der Waals surface area contributed by atoms with Gasteiger partial charge in [0, 0.05) is 17.0 Å². The Labute approximate surface area is 169 Å². The van der Waals surface area contributed by atoms with Crippen LogP contribution in [0.3, 0.4) is 0 Å². The number of anilines is 1. The quantitative estimate of drug-likeness (QED) is 0.465. The molecule has 0 unspecified atom stereocenters. The highest BCUT2D eigenvalue weighted by Crippen LogP contribution is 2.39. The second-order valence-electron chi connectivity index (χ2n) is 7.32. The van der Waals surface area contributed by atoms with Crippen LogP contribution < -0.4 is 5.32 Å². The predicted molar refractivity (Wildman–Crippen MR) is 118 cm³/mol. The standard InChI is InChI=1S/C24H23N3S/c1-3-9-17(10-4-1)15-16-25-23-21-19-13-7-8-14-20(19)28-24(21)27-22(26-23)18-11-5-2-6-12-18/h1-6,9-12H,7-8,13-16H2,(H,25,26,27). The van der Waals surface area contributed by atoms with Crippen molar-refractivity contribution < 1.29 is 0 Å². The topological polar surface area (TPSA) is 37.8 Å². The molecule has 140 valence electrons. The van der Waals surface area contributed by atoms with Gasteiger partial charge in [0.1, 0.15) is 10.6 Å². The first-order valence-electron chi connectivity index (χ1n) is 10.0. The summed E-state index contributed by atoms with van der Waals surface area (Å²) in [5.74, 6) is 1.81. The summed E-state index contributed by atoms with van der Waals surface area (Å²) in [6.45, 7) is 0.870. The number of aromatic nitrogens is 2. The molecule has 0 saturated heterocycles. The van der Waals surface area contributed by atoms with Crippen molar-refractivity contribution in [2.45, 2.75) is 32.1 Å². The van der Waals surface area contributed by atoms with Crippen LogP contribution in [0.2, 0.25) is 0 Å². The molecule has 4 aromatic rings. The van der Waals surface area contributed by atoms with E-state index in [2.05, 4.69) is 47.8 Å². The van der Waals surface area contributed by atoms with Gasteiger partial charge in [-0.05, 0) is 43.2 Å². The average molecular weight is 386 g/mol. The van der Waals surface area contributed by atoms with Crippen molar-refractivity contribution >= 4 is 27.4 Å². The molecule has 5 rings (SSSR count). The maximum atomic E-state index is 4.97. The van der Waals surface area contributed by atoms with Crippen LogP contribution >= 0.6 is 11.3 Å². The highest BCUT2D eigenvalue weighted by Gasteiger charge is 2.21. The van der Waals surface area contributed by atoms with Gasteiger partial charge in [0.15, 0.2) is 5.82 Å². The molecule has 0 amide bonds. The number of aryl methyl sites for hydroxylation is 2. The Morgan fingerprint density at radius 2 is 1.61 bits per heavy atom. The fraction of sp³-hybridized carbons (Fsp3) is 0.250. The molecule has 0 saturated carbocycles. The molecule has 0 atom stereocenters. The number of nitrogens with one attached hydrogen (secondary N) is 1. The number of fused-ring (bicyclic) bond motifs is 3. The van der Waals surface area contributed by atoms with E-state index in [1.807, 2.05) is 29.5 Å². The molecule has 1 aliphatic rings. The molecule has 1 N–H and O–H groups in total. The normalized spacial score (nSPS) is 13.4. The zero-order chi connectivity index (χ0) is 18.8. The zero-order valence-electron chi connectivity index (χ0n) is 15.8. The molecule has 28 heavy (non-hydrogen) atoms. The first kappa shape index (κ1) is 17.4. The highest BCUT2D eigenvalue weighted by atomic mass is 32.1. The van der Waals surface area contributed by atoms with E-state index in [9.17, 15) is 0 Å². The minimum absolute atomic E-state index is 0.814. The number of benzene rings is 2. The number of thiophene rings is 1. The van der Waals surface area contributed by atoms with Crippen LogP contribution in [0.25, 0.3) is 21.6 Å². The number of hydrogen-bond acceptors (Lipinski definition) is 4. The fourth-order valence-corrected chi connectivity index (χ4v) is 5.23. The molecule has 0 bridgehead atoms. The van der Waals surface area contributed by atoms with Crippen LogP contribution in [0.1, 0.15) is 28.8 Å². The van der Waals surface area contributed by atoms with Crippen LogP contribution in [0, 0.1) is 0 Å². The lowest BCUT2D eigenvalue weighted by molar-refractivity contribution is 0.700. The van der Waals surface area contributed by atoms with E-state index in [0.717, 1.165) is 41.4 Å². The lowest BCUT2D eigenvalue weighted by Gasteiger charge is -2.13. The third-order valence-electron chi connectivity index (χ3n) is 5.40. The monoisotopic (exact) mass is 385 g/mol. The Hall–Kier alpha value is -2.72. The second-order valence-corrected chi connectivity index (χ2v) is 8.40. The summed E-state index contributed by atoms with van der Waals surface area (Å²) >= 11 is 1.86. The number of nitrogens with zero attached hydrogens (tertiary/aromatic N) is 2. The predicted octanol–water partition coefficient (Wildman–Crippen LogP) is 5.89. The molecule has 4 heteroatoms. The van der Waals surface area contributed by atoms with Crippen LogP contribution in [-0.2, 0) is 19.3 Å². The summed E-state index contributed by atoms with van der Waals surface area (Å²) in [6.07, 6.45) is 5.87. The minimum Gasteiger partial charge on any atom is -0.369 e. The molecule has 0 aliphatic heterocycles. The molecule has 1 aliphatic carbocycles. The van der Waals surface area contributed by atoms with E-state index in [0.29, 0.717) is 0 Å². The van der Waals surface area contributed by atoms with Gasteiger partial charge in [-0.3, -0.25) is 0 Å². The maximum Gasteiger partial charge on any atom is 0.163 e. The van der Waals surface area contributed by atoms with E-state index in [1.165, 1.54) is 40.7 Å². The highest BCUT2D eigenvalue weighted by molar-refractivity contribution is 7.19. The first-order valence-corrected chi connectivity index (χ1v) is 10.9. The van der Waals surface area contributed by atoms with Gasteiger partial charge in [-0.1, -0.05) is 60.7 Å². The van der Waals surface area contributed by atoms with Gasteiger partial charge in [-0.2, -0.15) is 0 Å². The molecular weight excluding hydrogens is 362 g/mol. The third kappa shape index (κ3) is 3.40. The minimum atomic E-state index is 0.814. The Bertz CT molecular complexity index is 1090. The van der Waals surface area contributed by atoms with Crippen molar-refractivity contribution in [3.63, 3.8) is 0 Å². The summed E-state index contributed by atoms with van der Waals surface area (Å²) < 4.78 is 0. The molecule has 2 aromatic carbocycles. The van der Waals surface area contributed by atoms with Crippen molar-refractivity contribution in [3.8, 4) is 11.4 Å². The van der Waals surface area contributed by atoms with Crippen molar-refractivity contribution in [2.75, 3.05) is 11.9 Å². The Kier molecular flexibility index (Phi) is 4.79. The zero-order valence-corrected chi connectivity index (χ0v) is 16.6. The smallest absolute Gasteiger partial charge is 0.163 e. The van der Waals surface area contributed by atoms with E-state index >= 15 is 0 Å². The Balaban J connectivity index is 1.53. The molecule has 0 fully saturated rings. The summed E-state index contributed by atoms with van der Waals surface area (Å²) in [5, 5.41) is 4.89. The SMILES string of the molecule is c1ccc(CCNc2nc(-c3ccccc3)nc3sc4c(c23)CCCC4)cc1. The lowest BCUT2D eigenvalue weighted by atomic mass is 9.97. The van der Waals surface area contributed by atoms with Gasteiger partial charge < -0.3 is 5.32 Å². The summed E-state index contributed by atoms with van der Waals surface area (Å²) in [4.78, 5) is 12.5. The van der Waals surface area contributed by atoms with Gasteiger partial charge in [-0.15, -0.1) is 11.3 Å². The van der Waals surface area contributed by atoms with Crippen molar-refractivity contribution in [1.29, 1.82) is 0 Å². The molecule has 2 aromatic heterocycles. The summed E-state index contributed by atoms with van der Waals surface area (Å²) in [7, 11) is 0. The lowest BCUT2D eigenvalue weighted by Crippen LogP contribution is -2.09. The second kappa shape index (κ2) is 7.72. The van der Waals surface area contributed by atoms with Crippen molar-refractivity contribution in [2.24, 2.45) is 0 Å². The molecule has 0 radical (unpaired) electrons. The summed E-state index contributed by atoms with van der Waals surface area (Å²) in [6, 6.07) is 20.9. The van der Waals surface area contributed by atoms with Crippen molar-refractivity contribution in [1.82, 2.24) is 9.97 Å². The number of rotatable bonds is 5. The number of hydrogen-bond donors (Lipinski definition) is 1. The first-order chi connectivity index (χ1) is 13.9. The summed E-state index contributed by atoms with van der Waals surface area (Å²) in [5.41, 5.74) is 3.89. The fourth-order valence-electron chi connectivity index (χ4n) is 3.97.